The van der Waals surface area contributed by atoms with E-state index in [0.717, 1.165) is 0 Å². The van der Waals surface area contributed by atoms with Crippen LogP contribution >= 0.6 is 0 Å². The molecule has 0 bridgehead atoms. The molecule has 0 heterocycles. The van der Waals surface area contributed by atoms with Crippen molar-refractivity contribution < 1.29 is 0 Å². The fraction of sp³-hybridized carbons (Fsp3) is 0.154. The summed E-state index contributed by atoms with van der Waals surface area (Å²) in [6.45, 7) is 6.88. The van der Waals surface area contributed by atoms with E-state index in [1.54, 1.807) is 0 Å². The molecule has 0 amide bonds. The second kappa shape index (κ2) is 5.32. The Morgan fingerprint density at radius 1 is 0.615 bits per heavy atom. The lowest BCUT2D eigenvalue weighted by Gasteiger charge is -2.22. The van der Waals surface area contributed by atoms with E-state index in [1.807, 2.05) is 0 Å². The molecule has 4 aromatic carbocycles. The van der Waals surface area contributed by atoms with Crippen LogP contribution in [0.4, 0.5) is 0 Å². The summed E-state index contributed by atoms with van der Waals surface area (Å²) >= 11 is 0. The zero-order chi connectivity index (χ0) is 17.9. The highest BCUT2D eigenvalue weighted by Crippen LogP contribution is 2.50. The van der Waals surface area contributed by atoms with Crippen LogP contribution in [0.15, 0.2) is 78.9 Å². The van der Waals surface area contributed by atoms with Crippen LogP contribution in [0, 0.1) is 6.92 Å². The van der Waals surface area contributed by atoms with Gasteiger partial charge in [-0.1, -0.05) is 92.2 Å². The van der Waals surface area contributed by atoms with Crippen LogP contribution in [0.5, 0.6) is 0 Å². The second-order valence-corrected chi connectivity index (χ2v) is 7.96. The predicted molar refractivity (Wildman–Crippen MR) is 112 cm³/mol. The molecule has 1 aliphatic carbocycles. The Hall–Kier alpha value is -2.86. The zero-order valence-electron chi connectivity index (χ0n) is 15.5. The number of fused-ring (bicyclic) bond motifs is 4. The molecule has 0 unspecified atom stereocenters. The van der Waals surface area contributed by atoms with Crippen LogP contribution in [0.25, 0.3) is 33.0 Å². The molecule has 0 heteroatoms. The van der Waals surface area contributed by atoms with Gasteiger partial charge in [-0.05, 0) is 57.1 Å². The number of benzene rings is 4. The largest absolute Gasteiger partial charge is 0.0616 e. The fourth-order valence-electron chi connectivity index (χ4n) is 4.50. The van der Waals surface area contributed by atoms with Gasteiger partial charge in [-0.15, -0.1) is 0 Å². The average Bonchev–Trinajstić information content (AvgIpc) is 2.88. The van der Waals surface area contributed by atoms with E-state index in [9.17, 15) is 0 Å². The van der Waals surface area contributed by atoms with Crippen LogP contribution in [0.3, 0.4) is 0 Å². The summed E-state index contributed by atoms with van der Waals surface area (Å²) in [6, 6.07) is 29.1. The third-order valence-electron chi connectivity index (χ3n) is 5.93. The van der Waals surface area contributed by atoms with Crippen LogP contribution in [-0.4, -0.2) is 0 Å². The predicted octanol–water partition coefficient (Wildman–Crippen LogP) is 7.12. The van der Waals surface area contributed by atoms with Gasteiger partial charge in [0.2, 0.25) is 0 Å². The third-order valence-corrected chi connectivity index (χ3v) is 5.93. The Kier molecular flexibility index (Phi) is 3.15. The van der Waals surface area contributed by atoms with Gasteiger partial charge in [0.05, 0.1) is 0 Å². The standard InChI is InChI=1S/C26H22/c1-17-11-13-22-23-14-12-19(16-25(23)26(2,3)24(22)15-17)21-10-6-8-18-7-4-5-9-20(18)21/h4-16H,1-3H3. The summed E-state index contributed by atoms with van der Waals surface area (Å²) in [7, 11) is 0. The summed E-state index contributed by atoms with van der Waals surface area (Å²) in [5.41, 5.74) is 9.64. The minimum atomic E-state index is 0.0390. The van der Waals surface area contributed by atoms with E-state index in [0.29, 0.717) is 0 Å². The van der Waals surface area contributed by atoms with Gasteiger partial charge >= 0.3 is 0 Å². The molecule has 0 aliphatic heterocycles. The number of aryl methyl sites for hydroxylation is 1. The maximum absolute atomic E-state index is 2.41. The molecule has 0 aromatic heterocycles. The first-order chi connectivity index (χ1) is 12.6. The lowest BCUT2D eigenvalue weighted by molar-refractivity contribution is 0.660. The van der Waals surface area contributed by atoms with Crippen molar-refractivity contribution in [1.29, 1.82) is 0 Å². The maximum atomic E-state index is 2.41. The normalized spacial score (nSPS) is 14.3. The van der Waals surface area contributed by atoms with E-state index in [4.69, 9.17) is 0 Å². The average molecular weight is 334 g/mol. The smallest absolute Gasteiger partial charge is 0.0159 e. The lowest BCUT2D eigenvalue weighted by Crippen LogP contribution is -2.15. The molecule has 0 saturated heterocycles. The van der Waals surface area contributed by atoms with E-state index in [-0.39, 0.29) is 5.41 Å². The van der Waals surface area contributed by atoms with Gasteiger partial charge in [0.25, 0.3) is 0 Å². The SMILES string of the molecule is Cc1ccc2c(c1)C(C)(C)c1cc(-c3cccc4ccccc34)ccc1-2. The van der Waals surface area contributed by atoms with Crippen LogP contribution in [0.2, 0.25) is 0 Å². The van der Waals surface area contributed by atoms with Crippen molar-refractivity contribution >= 4 is 10.8 Å². The van der Waals surface area contributed by atoms with E-state index in [1.165, 1.54) is 49.7 Å². The Bertz CT molecular complexity index is 1160. The second-order valence-electron chi connectivity index (χ2n) is 7.96. The quantitative estimate of drug-likeness (QED) is 0.347. The minimum absolute atomic E-state index is 0.0390. The Balaban J connectivity index is 1.75. The van der Waals surface area contributed by atoms with Crippen molar-refractivity contribution in [3.8, 4) is 22.3 Å². The first-order valence-electron chi connectivity index (χ1n) is 9.30. The molecule has 4 aromatic rings. The fourth-order valence-corrected chi connectivity index (χ4v) is 4.50. The molecule has 0 radical (unpaired) electrons. The summed E-state index contributed by atoms with van der Waals surface area (Å²) in [5.74, 6) is 0. The molecule has 0 N–H and O–H groups in total. The molecule has 5 rings (SSSR count). The molecule has 126 valence electrons. The lowest BCUT2D eigenvalue weighted by atomic mass is 9.81. The van der Waals surface area contributed by atoms with Gasteiger partial charge < -0.3 is 0 Å². The molecular formula is C26H22. The summed E-state index contributed by atoms with van der Waals surface area (Å²) in [5, 5.41) is 2.61. The zero-order valence-corrected chi connectivity index (χ0v) is 15.5. The van der Waals surface area contributed by atoms with Gasteiger partial charge in [-0.25, -0.2) is 0 Å². The van der Waals surface area contributed by atoms with Gasteiger partial charge in [-0.2, -0.15) is 0 Å². The van der Waals surface area contributed by atoms with Gasteiger partial charge in [0, 0.05) is 5.41 Å². The van der Waals surface area contributed by atoms with Crippen molar-refractivity contribution in [1.82, 2.24) is 0 Å². The molecule has 0 atom stereocenters. The molecule has 0 spiro atoms. The molecule has 1 aliphatic rings. The highest BCUT2D eigenvalue weighted by Gasteiger charge is 2.35. The Morgan fingerprint density at radius 2 is 1.31 bits per heavy atom. The number of rotatable bonds is 1. The Morgan fingerprint density at radius 3 is 2.15 bits per heavy atom. The third kappa shape index (κ3) is 2.08. The molecule has 26 heavy (non-hydrogen) atoms. The van der Waals surface area contributed by atoms with Crippen molar-refractivity contribution in [3.05, 3.63) is 95.6 Å². The first-order valence-corrected chi connectivity index (χ1v) is 9.30. The molecular weight excluding hydrogens is 312 g/mol. The summed E-state index contributed by atoms with van der Waals surface area (Å²) in [4.78, 5) is 0. The number of hydrogen-bond acceptors (Lipinski definition) is 0. The Labute approximate surface area is 155 Å². The molecule has 0 nitrogen and oxygen atoms in total. The number of hydrogen-bond donors (Lipinski definition) is 0. The van der Waals surface area contributed by atoms with Crippen molar-refractivity contribution in [2.24, 2.45) is 0 Å². The van der Waals surface area contributed by atoms with E-state index < -0.39 is 0 Å². The topological polar surface area (TPSA) is 0 Å². The van der Waals surface area contributed by atoms with Crippen LogP contribution < -0.4 is 0 Å². The monoisotopic (exact) mass is 334 g/mol. The van der Waals surface area contributed by atoms with E-state index in [2.05, 4.69) is 99.6 Å². The highest BCUT2D eigenvalue weighted by atomic mass is 14.4. The highest BCUT2D eigenvalue weighted by molar-refractivity contribution is 5.97. The van der Waals surface area contributed by atoms with Crippen LogP contribution in [-0.2, 0) is 5.41 Å². The summed E-state index contributed by atoms with van der Waals surface area (Å²) < 4.78 is 0. The molecule has 0 saturated carbocycles. The maximum Gasteiger partial charge on any atom is 0.0159 e. The van der Waals surface area contributed by atoms with Gasteiger partial charge in [0.1, 0.15) is 0 Å². The van der Waals surface area contributed by atoms with Gasteiger partial charge in [0.15, 0.2) is 0 Å². The summed E-state index contributed by atoms with van der Waals surface area (Å²) in [6.07, 6.45) is 0. The minimum Gasteiger partial charge on any atom is -0.0616 e. The molecule has 0 fully saturated rings. The van der Waals surface area contributed by atoms with Crippen molar-refractivity contribution in [2.75, 3.05) is 0 Å². The van der Waals surface area contributed by atoms with Crippen molar-refractivity contribution in [3.63, 3.8) is 0 Å². The van der Waals surface area contributed by atoms with Gasteiger partial charge in [-0.3, -0.25) is 0 Å². The van der Waals surface area contributed by atoms with Crippen LogP contribution in [0.1, 0.15) is 30.5 Å². The van der Waals surface area contributed by atoms with Crippen molar-refractivity contribution in [2.45, 2.75) is 26.2 Å². The van der Waals surface area contributed by atoms with E-state index >= 15 is 0 Å². The first kappa shape index (κ1) is 15.4.